The number of nitrogens with one attached hydrogen (secondary N) is 1. The lowest BCUT2D eigenvalue weighted by Gasteiger charge is -2.28. The minimum Gasteiger partial charge on any atom is -0.453 e. The number of hydrogen-bond donors (Lipinski definition) is 1. The van der Waals surface area contributed by atoms with E-state index in [0.29, 0.717) is 30.1 Å². The summed E-state index contributed by atoms with van der Waals surface area (Å²) < 4.78 is 44.9. The van der Waals surface area contributed by atoms with Crippen LogP contribution in [-0.4, -0.2) is 30.9 Å². The molecule has 1 atom stereocenters. The van der Waals surface area contributed by atoms with E-state index in [1.165, 1.54) is 6.07 Å². The van der Waals surface area contributed by atoms with Crippen LogP contribution in [0.2, 0.25) is 0 Å². The van der Waals surface area contributed by atoms with Crippen LogP contribution in [0.25, 0.3) is 11.3 Å². The number of hydrazine groups is 1. The van der Waals surface area contributed by atoms with E-state index in [1.54, 1.807) is 12.1 Å². The van der Waals surface area contributed by atoms with E-state index in [-0.39, 0.29) is 11.7 Å². The van der Waals surface area contributed by atoms with Crippen LogP contribution in [0.1, 0.15) is 40.4 Å². The van der Waals surface area contributed by atoms with Crippen molar-refractivity contribution in [3.63, 3.8) is 0 Å². The van der Waals surface area contributed by atoms with Gasteiger partial charge in [-0.15, -0.1) is 0 Å². The molecular formula is C19H19F3N2O2. The number of piperidine rings is 1. The SMILES string of the molecule is O=Cc1cc(C2CNN3CCC2CC3)c(-c2cccc(C(F)(F)F)c2)o1. The topological polar surface area (TPSA) is 45.5 Å². The van der Waals surface area contributed by atoms with Crippen molar-refractivity contribution in [3.05, 3.63) is 47.2 Å². The summed E-state index contributed by atoms with van der Waals surface area (Å²) in [7, 11) is 0. The van der Waals surface area contributed by atoms with E-state index >= 15 is 0 Å². The smallest absolute Gasteiger partial charge is 0.416 e. The number of furan rings is 1. The quantitative estimate of drug-likeness (QED) is 0.834. The molecule has 0 radical (unpaired) electrons. The zero-order valence-corrected chi connectivity index (χ0v) is 14.1. The predicted octanol–water partition coefficient (Wildman–Crippen LogP) is 4.09. The number of alkyl halides is 3. The van der Waals surface area contributed by atoms with Crippen LogP contribution in [0.5, 0.6) is 0 Å². The summed E-state index contributed by atoms with van der Waals surface area (Å²) in [6, 6.07) is 6.77. The molecule has 2 bridgehead atoms. The fourth-order valence-corrected chi connectivity index (χ4v) is 4.04. The number of nitrogens with zero attached hydrogens (tertiary/aromatic N) is 1. The Balaban J connectivity index is 1.78. The number of hydrogen-bond acceptors (Lipinski definition) is 4. The van der Waals surface area contributed by atoms with Crippen molar-refractivity contribution in [3.8, 4) is 11.3 Å². The Morgan fingerprint density at radius 2 is 1.96 bits per heavy atom. The van der Waals surface area contributed by atoms with Gasteiger partial charge >= 0.3 is 6.18 Å². The molecule has 2 aromatic rings. The number of aldehydes is 1. The van der Waals surface area contributed by atoms with Crippen molar-refractivity contribution >= 4 is 6.29 Å². The molecule has 26 heavy (non-hydrogen) atoms. The molecule has 3 aliphatic heterocycles. The molecule has 3 fully saturated rings. The molecule has 7 heteroatoms. The summed E-state index contributed by atoms with van der Waals surface area (Å²) in [5, 5.41) is 2.18. The number of carbonyl (C=O) groups is 1. The molecule has 0 amide bonds. The second-order valence-electron chi connectivity index (χ2n) is 6.92. The van der Waals surface area contributed by atoms with Gasteiger partial charge in [-0.05, 0) is 37.0 Å². The highest BCUT2D eigenvalue weighted by molar-refractivity contribution is 5.75. The van der Waals surface area contributed by atoms with E-state index < -0.39 is 11.7 Å². The largest absolute Gasteiger partial charge is 0.453 e. The first-order valence-corrected chi connectivity index (χ1v) is 8.70. The van der Waals surface area contributed by atoms with E-state index in [9.17, 15) is 18.0 Å². The van der Waals surface area contributed by atoms with Crippen LogP contribution in [0.3, 0.4) is 0 Å². The molecule has 1 unspecified atom stereocenters. The van der Waals surface area contributed by atoms with Crippen LogP contribution < -0.4 is 5.43 Å². The molecule has 3 aliphatic rings. The summed E-state index contributed by atoms with van der Waals surface area (Å²) in [6.07, 6.45) is -1.79. The lowest BCUT2D eigenvalue weighted by Crippen LogP contribution is -2.39. The van der Waals surface area contributed by atoms with Gasteiger partial charge in [-0.25, -0.2) is 5.01 Å². The molecule has 4 heterocycles. The maximum absolute atomic E-state index is 13.1. The minimum absolute atomic E-state index is 0.101. The first-order valence-electron chi connectivity index (χ1n) is 8.70. The Bertz CT molecular complexity index is 807. The third-order valence-electron chi connectivity index (χ3n) is 5.39. The molecule has 1 aromatic carbocycles. The van der Waals surface area contributed by atoms with Crippen LogP contribution in [0.4, 0.5) is 13.2 Å². The van der Waals surface area contributed by atoms with Gasteiger partial charge in [-0.3, -0.25) is 10.2 Å². The molecule has 5 rings (SSSR count). The predicted molar refractivity (Wildman–Crippen MR) is 89.6 cm³/mol. The minimum atomic E-state index is -4.42. The second-order valence-corrected chi connectivity index (χ2v) is 6.92. The monoisotopic (exact) mass is 364 g/mol. The maximum Gasteiger partial charge on any atom is 0.416 e. The van der Waals surface area contributed by atoms with Gasteiger partial charge in [-0.1, -0.05) is 12.1 Å². The van der Waals surface area contributed by atoms with Crippen molar-refractivity contribution in [2.45, 2.75) is 24.9 Å². The van der Waals surface area contributed by atoms with Crippen molar-refractivity contribution in [1.29, 1.82) is 0 Å². The van der Waals surface area contributed by atoms with Gasteiger partial charge in [0.15, 0.2) is 12.0 Å². The fourth-order valence-electron chi connectivity index (χ4n) is 4.04. The lowest BCUT2D eigenvalue weighted by molar-refractivity contribution is -0.137. The zero-order valence-electron chi connectivity index (χ0n) is 14.1. The molecule has 0 saturated carbocycles. The van der Waals surface area contributed by atoms with Crippen LogP contribution in [0, 0.1) is 5.92 Å². The number of fused-ring (bicyclic) bond motifs is 4. The highest BCUT2D eigenvalue weighted by Gasteiger charge is 2.35. The van der Waals surface area contributed by atoms with Crippen molar-refractivity contribution in [2.24, 2.45) is 5.92 Å². The van der Waals surface area contributed by atoms with Gasteiger partial charge in [0, 0.05) is 36.7 Å². The standard InChI is InChI=1S/C19H19F3N2O2/c20-19(21,22)14-3-1-2-13(8-14)18-16(9-15(11-25)26-18)17-10-23-24-6-4-12(17)5-7-24/h1-3,8-9,11-12,17,23H,4-7,10H2. The third kappa shape index (κ3) is 3.17. The molecule has 138 valence electrons. The lowest BCUT2D eigenvalue weighted by atomic mass is 9.80. The van der Waals surface area contributed by atoms with Crippen molar-refractivity contribution in [2.75, 3.05) is 19.6 Å². The summed E-state index contributed by atoms with van der Waals surface area (Å²) in [6.45, 7) is 2.60. The van der Waals surface area contributed by atoms with Crippen LogP contribution in [-0.2, 0) is 6.18 Å². The summed E-state index contributed by atoms with van der Waals surface area (Å²) in [4.78, 5) is 11.2. The Morgan fingerprint density at radius 1 is 1.19 bits per heavy atom. The molecule has 1 N–H and O–H groups in total. The Hall–Kier alpha value is -2.12. The maximum atomic E-state index is 13.1. The molecule has 1 aromatic heterocycles. The van der Waals surface area contributed by atoms with E-state index in [4.69, 9.17) is 4.42 Å². The van der Waals surface area contributed by atoms with E-state index in [2.05, 4.69) is 10.4 Å². The summed E-state index contributed by atoms with van der Waals surface area (Å²) in [5.74, 6) is 1.03. The highest BCUT2D eigenvalue weighted by atomic mass is 19.4. The van der Waals surface area contributed by atoms with Crippen LogP contribution >= 0.6 is 0 Å². The molecule has 0 aliphatic carbocycles. The molecule has 4 nitrogen and oxygen atoms in total. The number of rotatable bonds is 3. The molecular weight excluding hydrogens is 345 g/mol. The summed E-state index contributed by atoms with van der Waals surface area (Å²) >= 11 is 0. The Labute approximate surface area is 148 Å². The Morgan fingerprint density at radius 3 is 2.65 bits per heavy atom. The Kier molecular flexibility index (Phi) is 4.36. The van der Waals surface area contributed by atoms with Gasteiger partial charge in [0.05, 0.1) is 5.56 Å². The number of halogens is 3. The van der Waals surface area contributed by atoms with Gasteiger partial charge in [0.25, 0.3) is 0 Å². The van der Waals surface area contributed by atoms with E-state index in [0.717, 1.165) is 43.6 Å². The first-order chi connectivity index (χ1) is 12.5. The van der Waals surface area contributed by atoms with Crippen molar-refractivity contribution < 1.29 is 22.4 Å². The second kappa shape index (κ2) is 6.55. The van der Waals surface area contributed by atoms with E-state index in [1.807, 2.05) is 0 Å². The third-order valence-corrected chi connectivity index (χ3v) is 5.39. The van der Waals surface area contributed by atoms with Gasteiger partial charge in [0.2, 0.25) is 0 Å². The summed E-state index contributed by atoms with van der Waals surface area (Å²) in [5.41, 5.74) is 3.82. The van der Waals surface area contributed by atoms with Gasteiger partial charge in [0.1, 0.15) is 5.76 Å². The average Bonchev–Trinajstić information content (AvgIpc) is 2.84. The molecule has 3 saturated heterocycles. The van der Waals surface area contributed by atoms with Crippen molar-refractivity contribution in [1.82, 2.24) is 10.4 Å². The highest BCUT2D eigenvalue weighted by Crippen LogP contribution is 2.41. The molecule has 0 spiro atoms. The zero-order chi connectivity index (χ0) is 18.3. The number of carbonyl (C=O) groups excluding carboxylic acids is 1. The number of benzene rings is 1. The van der Waals surface area contributed by atoms with Gasteiger partial charge in [-0.2, -0.15) is 13.2 Å². The fraction of sp³-hybridized carbons (Fsp3) is 0.421. The first kappa shape index (κ1) is 17.3. The normalized spacial score (nSPS) is 25.9. The van der Waals surface area contributed by atoms with Crippen LogP contribution in [0.15, 0.2) is 34.7 Å². The van der Waals surface area contributed by atoms with Gasteiger partial charge < -0.3 is 4.42 Å². The average molecular weight is 364 g/mol.